The molecule has 0 aromatic carbocycles. The van der Waals surface area contributed by atoms with Crippen LogP contribution in [-0.2, 0) is 10.2 Å². The summed E-state index contributed by atoms with van der Waals surface area (Å²) in [6.45, 7) is 5.45. The lowest BCUT2D eigenvalue weighted by Crippen LogP contribution is -2.51. The fraction of sp³-hybridized carbons (Fsp3) is 1.00. The zero-order valence-corrected chi connectivity index (χ0v) is 12.7. The Labute approximate surface area is 116 Å². The SMILES string of the molecule is C[C@H]1C[C@H](C)CN(S(=O)(=O)NC2CCC(O)CC2)C1. The number of rotatable bonds is 3. The molecule has 1 saturated heterocycles. The van der Waals surface area contributed by atoms with Gasteiger partial charge in [-0.3, -0.25) is 0 Å². The number of hydrogen-bond acceptors (Lipinski definition) is 3. The first kappa shape index (κ1) is 15.2. The Kier molecular flexibility index (Phi) is 4.87. The highest BCUT2D eigenvalue weighted by atomic mass is 32.2. The van der Waals surface area contributed by atoms with Crippen molar-refractivity contribution >= 4 is 10.2 Å². The molecule has 1 aliphatic carbocycles. The van der Waals surface area contributed by atoms with Crippen LogP contribution in [0.25, 0.3) is 0 Å². The van der Waals surface area contributed by atoms with Crippen LogP contribution in [0.5, 0.6) is 0 Å². The van der Waals surface area contributed by atoms with Gasteiger partial charge in [-0.15, -0.1) is 0 Å². The first-order valence-corrected chi connectivity index (χ1v) is 8.76. The molecule has 2 aliphatic rings. The molecule has 0 amide bonds. The summed E-state index contributed by atoms with van der Waals surface area (Å²) in [5, 5.41) is 9.46. The van der Waals surface area contributed by atoms with E-state index >= 15 is 0 Å². The van der Waals surface area contributed by atoms with Gasteiger partial charge in [0.15, 0.2) is 0 Å². The fourth-order valence-electron chi connectivity index (χ4n) is 3.28. The van der Waals surface area contributed by atoms with Crippen molar-refractivity contribution in [1.29, 1.82) is 0 Å². The van der Waals surface area contributed by atoms with Gasteiger partial charge < -0.3 is 5.11 Å². The van der Waals surface area contributed by atoms with Crippen LogP contribution in [0.15, 0.2) is 0 Å². The number of nitrogens with one attached hydrogen (secondary N) is 1. The summed E-state index contributed by atoms with van der Waals surface area (Å²) in [6.07, 6.45) is 3.70. The van der Waals surface area contributed by atoms with Crippen LogP contribution in [0, 0.1) is 11.8 Å². The summed E-state index contributed by atoms with van der Waals surface area (Å²) in [6, 6.07) is -0.0130. The van der Waals surface area contributed by atoms with Gasteiger partial charge in [0.1, 0.15) is 0 Å². The Bertz CT molecular complexity index is 381. The summed E-state index contributed by atoms with van der Waals surface area (Å²) in [5.41, 5.74) is 0. The predicted octanol–water partition coefficient (Wildman–Crippen LogP) is 1.10. The van der Waals surface area contributed by atoms with Crippen molar-refractivity contribution in [1.82, 2.24) is 9.03 Å². The Morgan fingerprint density at radius 3 is 2.11 bits per heavy atom. The molecule has 5 nitrogen and oxygen atoms in total. The third-order valence-electron chi connectivity index (χ3n) is 4.19. The van der Waals surface area contributed by atoms with Crippen molar-refractivity contribution < 1.29 is 13.5 Å². The Morgan fingerprint density at radius 1 is 1.05 bits per heavy atom. The molecule has 0 unspecified atom stereocenters. The van der Waals surface area contributed by atoms with Crippen LogP contribution in [0.2, 0.25) is 0 Å². The van der Waals surface area contributed by atoms with E-state index in [1.165, 1.54) is 0 Å². The quantitative estimate of drug-likeness (QED) is 0.818. The second-order valence-electron chi connectivity index (χ2n) is 6.39. The molecular weight excluding hydrogens is 264 g/mol. The first-order chi connectivity index (χ1) is 8.87. The lowest BCUT2D eigenvalue weighted by Gasteiger charge is -2.35. The molecule has 0 aromatic rings. The molecule has 0 radical (unpaired) electrons. The van der Waals surface area contributed by atoms with E-state index in [-0.39, 0.29) is 12.1 Å². The third kappa shape index (κ3) is 4.15. The zero-order valence-electron chi connectivity index (χ0n) is 11.9. The minimum Gasteiger partial charge on any atom is -0.393 e. The molecule has 6 heteroatoms. The van der Waals surface area contributed by atoms with E-state index in [2.05, 4.69) is 18.6 Å². The highest BCUT2D eigenvalue weighted by molar-refractivity contribution is 7.87. The van der Waals surface area contributed by atoms with E-state index in [4.69, 9.17) is 0 Å². The number of aliphatic hydroxyl groups excluding tert-OH is 1. The Hall–Kier alpha value is -0.170. The highest BCUT2D eigenvalue weighted by Crippen LogP contribution is 2.24. The summed E-state index contributed by atoms with van der Waals surface area (Å²) in [4.78, 5) is 0. The molecule has 2 N–H and O–H groups in total. The van der Waals surface area contributed by atoms with Gasteiger partial charge in [-0.2, -0.15) is 17.4 Å². The van der Waals surface area contributed by atoms with Crippen molar-refractivity contribution in [2.24, 2.45) is 11.8 Å². The van der Waals surface area contributed by atoms with E-state index in [0.717, 1.165) is 19.3 Å². The van der Waals surface area contributed by atoms with Crippen LogP contribution in [0.1, 0.15) is 46.0 Å². The minimum atomic E-state index is -3.36. The molecule has 1 aliphatic heterocycles. The van der Waals surface area contributed by atoms with Gasteiger partial charge in [0, 0.05) is 19.1 Å². The Morgan fingerprint density at radius 2 is 1.58 bits per heavy atom. The van der Waals surface area contributed by atoms with Crippen LogP contribution in [0.3, 0.4) is 0 Å². The summed E-state index contributed by atoms with van der Waals surface area (Å²) < 4.78 is 29.2. The standard InChI is InChI=1S/C13H26N2O3S/c1-10-7-11(2)9-15(8-10)19(17,18)14-12-3-5-13(16)6-4-12/h10-14,16H,3-9H2,1-2H3/t10-,11-,12?,13?/m0/s1. The molecule has 1 saturated carbocycles. The van der Waals surface area contributed by atoms with Crippen molar-refractivity contribution in [2.45, 2.75) is 58.1 Å². The smallest absolute Gasteiger partial charge is 0.279 e. The summed E-state index contributed by atoms with van der Waals surface area (Å²) in [5.74, 6) is 0.849. The fourth-order valence-corrected chi connectivity index (χ4v) is 4.99. The van der Waals surface area contributed by atoms with Gasteiger partial charge in [0.05, 0.1) is 6.10 Å². The molecule has 2 fully saturated rings. The van der Waals surface area contributed by atoms with Crippen molar-refractivity contribution in [3.63, 3.8) is 0 Å². The van der Waals surface area contributed by atoms with Gasteiger partial charge in [-0.25, -0.2) is 0 Å². The molecule has 112 valence electrons. The number of nitrogens with zero attached hydrogens (tertiary/aromatic N) is 1. The number of hydrogen-bond donors (Lipinski definition) is 2. The third-order valence-corrected chi connectivity index (χ3v) is 5.80. The molecule has 19 heavy (non-hydrogen) atoms. The Balaban J connectivity index is 1.94. The second kappa shape index (κ2) is 6.08. The van der Waals surface area contributed by atoms with Crippen molar-refractivity contribution in [2.75, 3.05) is 13.1 Å². The largest absolute Gasteiger partial charge is 0.393 e. The van der Waals surface area contributed by atoms with Crippen LogP contribution in [-0.4, -0.2) is 43.1 Å². The van der Waals surface area contributed by atoms with E-state index in [0.29, 0.717) is 37.8 Å². The highest BCUT2D eigenvalue weighted by Gasteiger charge is 2.32. The average molecular weight is 290 g/mol. The normalized spacial score (nSPS) is 38.3. The molecule has 2 rings (SSSR count). The molecule has 0 spiro atoms. The molecule has 2 atom stereocenters. The summed E-state index contributed by atoms with van der Waals surface area (Å²) >= 11 is 0. The van der Waals surface area contributed by atoms with E-state index in [1.807, 2.05) is 0 Å². The number of aliphatic hydroxyl groups is 1. The van der Waals surface area contributed by atoms with Gasteiger partial charge >= 0.3 is 0 Å². The van der Waals surface area contributed by atoms with E-state index in [1.54, 1.807) is 4.31 Å². The zero-order chi connectivity index (χ0) is 14.0. The molecule has 0 aromatic heterocycles. The van der Waals surface area contributed by atoms with Gasteiger partial charge in [-0.05, 0) is 43.9 Å². The lowest BCUT2D eigenvalue weighted by atomic mass is 9.94. The molecule has 1 heterocycles. The maximum atomic E-state index is 12.4. The maximum Gasteiger partial charge on any atom is 0.279 e. The first-order valence-electron chi connectivity index (χ1n) is 7.32. The molecular formula is C13H26N2O3S. The average Bonchev–Trinajstić information content (AvgIpc) is 2.31. The van der Waals surface area contributed by atoms with Crippen molar-refractivity contribution in [3.05, 3.63) is 0 Å². The number of piperidine rings is 1. The van der Waals surface area contributed by atoms with E-state index < -0.39 is 10.2 Å². The van der Waals surface area contributed by atoms with Gasteiger partial charge in [0.25, 0.3) is 10.2 Å². The maximum absolute atomic E-state index is 12.4. The van der Waals surface area contributed by atoms with Crippen LogP contribution >= 0.6 is 0 Å². The monoisotopic (exact) mass is 290 g/mol. The van der Waals surface area contributed by atoms with Gasteiger partial charge in [0.2, 0.25) is 0 Å². The predicted molar refractivity (Wildman–Crippen MR) is 74.8 cm³/mol. The van der Waals surface area contributed by atoms with Gasteiger partial charge in [-0.1, -0.05) is 13.8 Å². The van der Waals surface area contributed by atoms with E-state index in [9.17, 15) is 13.5 Å². The lowest BCUT2D eigenvalue weighted by molar-refractivity contribution is 0.120. The summed E-state index contributed by atoms with van der Waals surface area (Å²) in [7, 11) is -3.36. The van der Waals surface area contributed by atoms with Crippen LogP contribution < -0.4 is 4.72 Å². The minimum absolute atomic E-state index is 0.0130. The van der Waals surface area contributed by atoms with Crippen LogP contribution in [0.4, 0.5) is 0 Å². The second-order valence-corrected chi connectivity index (χ2v) is 8.09. The topological polar surface area (TPSA) is 69.6 Å². The van der Waals surface area contributed by atoms with Crippen molar-refractivity contribution in [3.8, 4) is 0 Å². The molecule has 0 bridgehead atoms.